The van der Waals surface area contributed by atoms with Gasteiger partial charge in [0.15, 0.2) is 0 Å². The molecule has 0 saturated heterocycles. The predicted molar refractivity (Wildman–Crippen MR) is 98.2 cm³/mol. The van der Waals surface area contributed by atoms with Crippen molar-refractivity contribution in [2.24, 2.45) is 0 Å². The average molecular weight is 391 g/mol. The summed E-state index contributed by atoms with van der Waals surface area (Å²) in [7, 11) is 1.27. The molecule has 2 aromatic carbocycles. The second kappa shape index (κ2) is 7.19. The van der Waals surface area contributed by atoms with Crippen LogP contribution < -0.4 is 10.2 Å². The Morgan fingerprint density at radius 2 is 1.77 bits per heavy atom. The van der Waals surface area contributed by atoms with Crippen LogP contribution >= 0.6 is 23.2 Å². The molecule has 132 valence electrons. The number of carbonyl (C=O) groups is 3. The molecule has 8 heteroatoms. The number of nitrogens with zero attached hydrogens (tertiary/aromatic N) is 1. The lowest BCUT2D eigenvalue weighted by atomic mass is 10.2. The highest BCUT2D eigenvalue weighted by molar-refractivity contribution is 6.53. The fourth-order valence-electron chi connectivity index (χ4n) is 2.45. The number of amides is 2. The Morgan fingerprint density at radius 1 is 1.04 bits per heavy atom. The Morgan fingerprint density at radius 3 is 2.46 bits per heavy atom. The maximum absolute atomic E-state index is 12.7. The van der Waals surface area contributed by atoms with Crippen molar-refractivity contribution in [1.29, 1.82) is 0 Å². The summed E-state index contributed by atoms with van der Waals surface area (Å²) >= 11 is 12.0. The van der Waals surface area contributed by atoms with Crippen LogP contribution in [0.15, 0.2) is 59.3 Å². The fourth-order valence-corrected chi connectivity index (χ4v) is 2.84. The number of rotatable bonds is 4. The van der Waals surface area contributed by atoms with E-state index < -0.39 is 17.8 Å². The predicted octanol–water partition coefficient (Wildman–Crippen LogP) is 3.56. The zero-order valence-corrected chi connectivity index (χ0v) is 15.0. The topological polar surface area (TPSA) is 75.7 Å². The van der Waals surface area contributed by atoms with E-state index in [4.69, 9.17) is 23.2 Å². The molecular formula is C18H12Cl2N2O4. The highest BCUT2D eigenvalue weighted by Gasteiger charge is 2.39. The first kappa shape index (κ1) is 18.0. The van der Waals surface area contributed by atoms with E-state index in [9.17, 15) is 14.4 Å². The highest BCUT2D eigenvalue weighted by atomic mass is 35.5. The third kappa shape index (κ3) is 3.29. The molecule has 0 aliphatic carbocycles. The van der Waals surface area contributed by atoms with E-state index in [1.54, 1.807) is 36.4 Å². The number of hydrogen-bond donors (Lipinski definition) is 1. The van der Waals surface area contributed by atoms with Gasteiger partial charge in [0, 0.05) is 10.7 Å². The number of imide groups is 1. The average Bonchev–Trinajstić information content (AvgIpc) is 2.84. The Kier molecular flexibility index (Phi) is 4.97. The Hall–Kier alpha value is -2.83. The van der Waals surface area contributed by atoms with E-state index in [0.29, 0.717) is 16.4 Å². The molecule has 2 amide bonds. The molecule has 0 unspecified atom stereocenters. The number of ether oxygens (including phenoxy) is 1. The lowest BCUT2D eigenvalue weighted by Gasteiger charge is -2.15. The summed E-state index contributed by atoms with van der Waals surface area (Å²) in [5, 5.41) is 2.93. The molecule has 6 nitrogen and oxygen atoms in total. The Bertz CT molecular complexity index is 956. The molecule has 0 fully saturated rings. The van der Waals surface area contributed by atoms with E-state index in [0.717, 1.165) is 4.90 Å². The number of esters is 1. The molecule has 0 bridgehead atoms. The number of hydrogen-bond acceptors (Lipinski definition) is 5. The third-order valence-electron chi connectivity index (χ3n) is 3.65. The van der Waals surface area contributed by atoms with Crippen LogP contribution in [-0.4, -0.2) is 24.9 Å². The van der Waals surface area contributed by atoms with E-state index >= 15 is 0 Å². The number of methoxy groups -OCH3 is 1. The summed E-state index contributed by atoms with van der Waals surface area (Å²) in [6.07, 6.45) is 0. The number of nitrogens with one attached hydrogen (secondary N) is 1. The van der Waals surface area contributed by atoms with Crippen molar-refractivity contribution in [1.82, 2.24) is 0 Å². The van der Waals surface area contributed by atoms with Gasteiger partial charge in [0.2, 0.25) is 0 Å². The van der Waals surface area contributed by atoms with Crippen molar-refractivity contribution >= 4 is 52.4 Å². The highest BCUT2D eigenvalue weighted by Crippen LogP contribution is 2.31. The Balaban J connectivity index is 1.90. The van der Waals surface area contributed by atoms with Gasteiger partial charge in [-0.2, -0.15) is 0 Å². The zero-order chi connectivity index (χ0) is 18.8. The minimum atomic E-state index is -0.662. The third-order valence-corrected chi connectivity index (χ3v) is 4.23. The maximum atomic E-state index is 12.7. The first-order valence-electron chi connectivity index (χ1n) is 7.42. The van der Waals surface area contributed by atoms with Crippen molar-refractivity contribution in [3.8, 4) is 0 Å². The lowest BCUT2D eigenvalue weighted by Crippen LogP contribution is -2.32. The quantitative estimate of drug-likeness (QED) is 0.637. The molecule has 1 aliphatic heterocycles. The minimum Gasteiger partial charge on any atom is -0.465 e. The summed E-state index contributed by atoms with van der Waals surface area (Å²) in [5.41, 5.74) is 0.928. The fraction of sp³-hybridized carbons (Fsp3) is 0.0556. The van der Waals surface area contributed by atoms with Crippen molar-refractivity contribution < 1.29 is 19.1 Å². The molecule has 0 saturated carbocycles. The summed E-state index contributed by atoms with van der Waals surface area (Å²) < 4.78 is 4.66. The van der Waals surface area contributed by atoms with Gasteiger partial charge in [0.05, 0.1) is 18.4 Å². The number of anilines is 2. The minimum absolute atomic E-state index is 0.0846. The van der Waals surface area contributed by atoms with Gasteiger partial charge in [-0.1, -0.05) is 35.3 Å². The van der Waals surface area contributed by atoms with Gasteiger partial charge < -0.3 is 10.1 Å². The maximum Gasteiger partial charge on any atom is 0.337 e. The van der Waals surface area contributed by atoms with Crippen LogP contribution in [-0.2, 0) is 14.3 Å². The number of halogens is 2. The van der Waals surface area contributed by atoms with Gasteiger partial charge in [0.25, 0.3) is 11.8 Å². The normalized spacial score (nSPS) is 14.0. The molecule has 0 spiro atoms. The van der Waals surface area contributed by atoms with Gasteiger partial charge in [-0.15, -0.1) is 0 Å². The van der Waals surface area contributed by atoms with Crippen LogP contribution in [0.25, 0.3) is 0 Å². The van der Waals surface area contributed by atoms with Crippen LogP contribution in [0.3, 0.4) is 0 Å². The van der Waals surface area contributed by atoms with Gasteiger partial charge in [-0.3, -0.25) is 9.59 Å². The molecule has 26 heavy (non-hydrogen) atoms. The molecule has 0 radical (unpaired) electrons. The summed E-state index contributed by atoms with van der Waals surface area (Å²) in [6.45, 7) is 0. The van der Waals surface area contributed by atoms with Gasteiger partial charge in [-0.25, -0.2) is 9.69 Å². The summed E-state index contributed by atoms with van der Waals surface area (Å²) in [5.74, 6) is -1.81. The van der Waals surface area contributed by atoms with E-state index in [1.165, 1.54) is 19.2 Å². The van der Waals surface area contributed by atoms with Gasteiger partial charge in [0.1, 0.15) is 10.7 Å². The van der Waals surface area contributed by atoms with Gasteiger partial charge >= 0.3 is 5.97 Å². The molecule has 1 aliphatic rings. The Labute approximate surface area is 158 Å². The molecule has 1 heterocycles. The molecule has 0 aromatic heterocycles. The summed E-state index contributed by atoms with van der Waals surface area (Å²) in [4.78, 5) is 37.6. The lowest BCUT2D eigenvalue weighted by molar-refractivity contribution is -0.120. The molecule has 1 N–H and O–H groups in total. The second-order valence-electron chi connectivity index (χ2n) is 5.31. The molecular weight excluding hydrogens is 379 g/mol. The standard InChI is InChI=1S/C18H12Cl2N2O4/c1-26-18(25)10-4-2-6-12(8-10)21-15-14(20)16(23)22(17(15)24)13-7-3-5-11(19)9-13/h2-9,21H,1H3. The first-order valence-corrected chi connectivity index (χ1v) is 8.17. The van der Waals surface area contributed by atoms with Crippen molar-refractivity contribution in [2.75, 3.05) is 17.3 Å². The molecule has 2 aromatic rings. The van der Waals surface area contributed by atoms with Crippen LogP contribution in [0.2, 0.25) is 5.02 Å². The van der Waals surface area contributed by atoms with Crippen LogP contribution in [0.5, 0.6) is 0 Å². The first-order chi connectivity index (χ1) is 12.4. The number of benzene rings is 2. The largest absolute Gasteiger partial charge is 0.465 e. The van der Waals surface area contributed by atoms with Gasteiger partial charge in [-0.05, 0) is 36.4 Å². The zero-order valence-electron chi connectivity index (χ0n) is 13.5. The van der Waals surface area contributed by atoms with E-state index in [-0.39, 0.29) is 16.3 Å². The van der Waals surface area contributed by atoms with Crippen LogP contribution in [0.1, 0.15) is 10.4 Å². The molecule has 3 rings (SSSR count). The van der Waals surface area contributed by atoms with Crippen molar-refractivity contribution in [2.45, 2.75) is 0 Å². The van der Waals surface area contributed by atoms with Crippen molar-refractivity contribution in [3.63, 3.8) is 0 Å². The van der Waals surface area contributed by atoms with Crippen molar-refractivity contribution in [3.05, 3.63) is 69.8 Å². The SMILES string of the molecule is COC(=O)c1cccc(NC2=C(Cl)C(=O)N(c3cccc(Cl)c3)C2=O)c1. The smallest absolute Gasteiger partial charge is 0.337 e. The summed E-state index contributed by atoms with van der Waals surface area (Å²) in [6, 6.07) is 12.6. The van der Waals surface area contributed by atoms with E-state index in [1.807, 2.05) is 0 Å². The van der Waals surface area contributed by atoms with E-state index in [2.05, 4.69) is 10.1 Å². The second-order valence-corrected chi connectivity index (χ2v) is 6.13. The molecule has 0 atom stereocenters. The van der Waals surface area contributed by atoms with Crippen LogP contribution in [0.4, 0.5) is 11.4 Å². The van der Waals surface area contributed by atoms with Crippen LogP contribution in [0, 0.1) is 0 Å². The number of carbonyl (C=O) groups excluding carboxylic acids is 3. The monoisotopic (exact) mass is 390 g/mol.